The van der Waals surface area contributed by atoms with Crippen LogP contribution in [-0.4, -0.2) is 86.3 Å². The van der Waals surface area contributed by atoms with E-state index >= 15 is 0 Å². The van der Waals surface area contributed by atoms with Crippen LogP contribution in [0, 0.1) is 0 Å². The van der Waals surface area contributed by atoms with E-state index in [9.17, 15) is 4.79 Å². The van der Waals surface area contributed by atoms with Gasteiger partial charge in [0.05, 0.1) is 13.1 Å². The maximum Gasteiger partial charge on any atom is 0.234 e. The van der Waals surface area contributed by atoms with Crippen molar-refractivity contribution in [1.29, 1.82) is 0 Å². The van der Waals surface area contributed by atoms with E-state index in [1.165, 1.54) is 0 Å². The fourth-order valence-electron chi connectivity index (χ4n) is 3.67. The van der Waals surface area contributed by atoms with E-state index in [1.54, 1.807) is 0 Å². The van der Waals surface area contributed by atoms with Gasteiger partial charge in [0.1, 0.15) is 0 Å². The Labute approximate surface area is 174 Å². The third kappa shape index (κ3) is 7.79. The molecule has 2 heterocycles. The van der Waals surface area contributed by atoms with Crippen molar-refractivity contribution in [1.82, 2.24) is 20.9 Å². The predicted molar refractivity (Wildman–Crippen MR) is 118 cm³/mol. The first-order valence-corrected chi connectivity index (χ1v) is 12.0. The van der Waals surface area contributed by atoms with Crippen molar-refractivity contribution in [2.45, 2.75) is 56.7 Å². The van der Waals surface area contributed by atoms with E-state index in [0.29, 0.717) is 12.6 Å². The molecule has 7 nitrogen and oxygen atoms in total. The second kappa shape index (κ2) is 12.5. The third-order valence-corrected chi connectivity index (χ3v) is 6.98. The average molecular weight is 414 g/mol. The Morgan fingerprint density at radius 2 is 1.93 bits per heavy atom. The van der Waals surface area contributed by atoms with Crippen LogP contribution in [0.3, 0.4) is 0 Å². The lowest BCUT2D eigenvalue weighted by atomic mass is 9.99. The maximum absolute atomic E-state index is 11.9. The van der Waals surface area contributed by atoms with Gasteiger partial charge >= 0.3 is 0 Å². The van der Waals surface area contributed by atoms with Gasteiger partial charge in [-0.05, 0) is 45.3 Å². The van der Waals surface area contributed by atoms with Crippen molar-refractivity contribution in [2.24, 2.45) is 4.99 Å². The Kier molecular flexibility index (Phi) is 10.4. The molecule has 0 aromatic heterocycles. The first-order chi connectivity index (χ1) is 13.6. The van der Waals surface area contributed by atoms with Crippen LogP contribution in [0.15, 0.2) is 4.99 Å². The number of amides is 1. The number of guanidine groups is 1. The molecule has 2 fully saturated rings. The molecule has 162 valence electrons. The lowest BCUT2D eigenvalue weighted by molar-refractivity contribution is -0.122. The number of hydrogen-bond acceptors (Lipinski definition) is 5. The summed E-state index contributed by atoms with van der Waals surface area (Å²) in [6, 6.07) is 0.410. The lowest BCUT2D eigenvalue weighted by Crippen LogP contribution is -2.50. The number of thioether (sulfide) groups is 1. The molecule has 2 saturated heterocycles. The van der Waals surface area contributed by atoms with E-state index in [4.69, 9.17) is 9.73 Å². The zero-order chi connectivity index (χ0) is 20.2. The van der Waals surface area contributed by atoms with Crippen molar-refractivity contribution in [3.63, 3.8) is 0 Å². The van der Waals surface area contributed by atoms with Gasteiger partial charge in [-0.25, -0.2) is 0 Å². The van der Waals surface area contributed by atoms with Crippen molar-refractivity contribution in [3.05, 3.63) is 0 Å². The highest BCUT2D eigenvalue weighted by Crippen LogP contribution is 2.34. The van der Waals surface area contributed by atoms with E-state index in [2.05, 4.69) is 41.0 Å². The first kappa shape index (κ1) is 23.3. The number of carbonyl (C=O) groups excluding carboxylic acids is 1. The van der Waals surface area contributed by atoms with Crippen LogP contribution in [0.1, 0.15) is 46.0 Å². The van der Waals surface area contributed by atoms with Crippen molar-refractivity contribution < 1.29 is 9.53 Å². The number of nitrogens with one attached hydrogen (secondary N) is 3. The minimum Gasteiger partial charge on any atom is -0.381 e. The molecule has 2 aliphatic rings. The number of piperidine rings is 1. The van der Waals surface area contributed by atoms with Gasteiger partial charge < -0.3 is 20.7 Å². The second-order valence-corrected chi connectivity index (χ2v) is 9.01. The normalized spacial score (nSPS) is 21.3. The lowest BCUT2D eigenvalue weighted by Gasteiger charge is -2.35. The molecule has 2 rings (SSSR count). The van der Waals surface area contributed by atoms with Crippen LogP contribution in [-0.2, 0) is 9.53 Å². The van der Waals surface area contributed by atoms with Gasteiger partial charge in [-0.15, -0.1) is 0 Å². The summed E-state index contributed by atoms with van der Waals surface area (Å²) in [7, 11) is 0. The van der Waals surface area contributed by atoms with Crippen LogP contribution in [0.4, 0.5) is 0 Å². The van der Waals surface area contributed by atoms with E-state index in [0.717, 1.165) is 84.0 Å². The van der Waals surface area contributed by atoms with Gasteiger partial charge in [0.2, 0.25) is 5.91 Å². The smallest absolute Gasteiger partial charge is 0.234 e. The molecule has 0 unspecified atom stereocenters. The second-order valence-electron chi connectivity index (χ2n) is 7.74. The molecule has 0 spiro atoms. The Morgan fingerprint density at radius 3 is 2.54 bits per heavy atom. The Bertz CT molecular complexity index is 489. The van der Waals surface area contributed by atoms with Crippen LogP contribution in [0.2, 0.25) is 0 Å². The molecule has 0 radical (unpaired) electrons. The summed E-state index contributed by atoms with van der Waals surface area (Å²) in [5.41, 5.74) is 0. The van der Waals surface area contributed by atoms with Crippen molar-refractivity contribution in [2.75, 3.05) is 58.7 Å². The first-order valence-electron chi connectivity index (χ1n) is 10.8. The zero-order valence-electron chi connectivity index (χ0n) is 17.9. The third-order valence-electron chi connectivity index (χ3n) is 5.57. The standard InChI is InChI=1S/C20H39N5O2S/c1-4-10-22-18(26)15-25-11-6-17(7-12-25)24-19(21-5-2)23-16-20(28-3)8-13-27-14-9-20/h17H,4-16H2,1-3H3,(H,22,26)(H2,21,23,24). The van der Waals surface area contributed by atoms with Crippen LogP contribution in [0.5, 0.6) is 0 Å². The average Bonchev–Trinajstić information content (AvgIpc) is 2.73. The topological polar surface area (TPSA) is 78.0 Å². The monoisotopic (exact) mass is 413 g/mol. The summed E-state index contributed by atoms with van der Waals surface area (Å²) in [6.07, 6.45) is 7.37. The minimum atomic E-state index is 0.141. The number of likely N-dealkylation sites (tertiary alicyclic amines) is 1. The largest absolute Gasteiger partial charge is 0.381 e. The summed E-state index contributed by atoms with van der Waals surface area (Å²) < 4.78 is 5.74. The molecule has 0 aromatic rings. The number of hydrogen-bond donors (Lipinski definition) is 3. The van der Waals surface area contributed by atoms with E-state index in [-0.39, 0.29) is 10.7 Å². The fraction of sp³-hybridized carbons (Fsp3) is 0.900. The van der Waals surface area contributed by atoms with Gasteiger partial charge in [-0.1, -0.05) is 6.92 Å². The zero-order valence-corrected chi connectivity index (χ0v) is 18.7. The molecule has 0 aliphatic carbocycles. The Balaban J connectivity index is 1.80. The highest BCUT2D eigenvalue weighted by Gasteiger charge is 2.31. The fourth-order valence-corrected chi connectivity index (χ4v) is 4.43. The number of ether oxygens (including phenoxy) is 1. The van der Waals surface area contributed by atoms with E-state index < -0.39 is 0 Å². The molecule has 8 heteroatoms. The van der Waals surface area contributed by atoms with Gasteiger partial charge in [0.25, 0.3) is 0 Å². The van der Waals surface area contributed by atoms with E-state index in [1.807, 2.05) is 11.8 Å². The molecule has 0 atom stereocenters. The summed E-state index contributed by atoms with van der Waals surface area (Å²) in [5, 5.41) is 9.98. The number of nitrogens with zero attached hydrogens (tertiary/aromatic N) is 2. The summed E-state index contributed by atoms with van der Waals surface area (Å²) >= 11 is 1.92. The predicted octanol–water partition coefficient (Wildman–Crippen LogP) is 1.44. The Hall–Kier alpha value is -0.990. The number of carbonyl (C=O) groups is 1. The number of aliphatic imine (C=N–C) groups is 1. The molecular formula is C20H39N5O2S. The molecule has 28 heavy (non-hydrogen) atoms. The Morgan fingerprint density at radius 1 is 1.21 bits per heavy atom. The van der Waals surface area contributed by atoms with Crippen molar-refractivity contribution in [3.8, 4) is 0 Å². The summed E-state index contributed by atoms with van der Waals surface area (Å²) in [5.74, 6) is 1.06. The van der Waals surface area contributed by atoms with Crippen LogP contribution >= 0.6 is 11.8 Å². The molecule has 0 saturated carbocycles. The molecule has 0 aromatic carbocycles. The SMILES string of the molecule is CCCNC(=O)CN1CCC(NC(=NCC2(SC)CCOCC2)NCC)CC1. The molecular weight excluding hydrogens is 374 g/mol. The quantitative estimate of drug-likeness (QED) is 0.392. The van der Waals surface area contributed by atoms with Crippen molar-refractivity contribution >= 4 is 23.6 Å². The van der Waals surface area contributed by atoms with Gasteiger partial charge in [-0.2, -0.15) is 11.8 Å². The van der Waals surface area contributed by atoms with Crippen LogP contribution < -0.4 is 16.0 Å². The van der Waals surface area contributed by atoms with Gasteiger partial charge in [0, 0.05) is 50.2 Å². The molecule has 3 N–H and O–H groups in total. The highest BCUT2D eigenvalue weighted by molar-refractivity contribution is 8.00. The summed E-state index contributed by atoms with van der Waals surface area (Å²) in [4.78, 5) is 19.1. The maximum atomic E-state index is 11.9. The molecule has 1 amide bonds. The van der Waals surface area contributed by atoms with Gasteiger partial charge in [0.15, 0.2) is 5.96 Å². The van der Waals surface area contributed by atoms with Crippen LogP contribution in [0.25, 0.3) is 0 Å². The highest BCUT2D eigenvalue weighted by atomic mass is 32.2. The summed E-state index contributed by atoms with van der Waals surface area (Å²) in [6.45, 7) is 10.7. The molecule has 2 aliphatic heterocycles. The molecule has 0 bridgehead atoms. The minimum absolute atomic E-state index is 0.141. The number of rotatable bonds is 9. The van der Waals surface area contributed by atoms with Gasteiger partial charge in [-0.3, -0.25) is 14.7 Å².